The molecule has 0 bridgehead atoms. The van der Waals surface area contributed by atoms with Crippen LogP contribution in [0.4, 0.5) is 0 Å². The van der Waals surface area contributed by atoms with Crippen LogP contribution >= 0.6 is 0 Å². The van der Waals surface area contributed by atoms with Crippen molar-refractivity contribution in [1.82, 2.24) is 10.2 Å². The number of nitrogens with zero attached hydrogens (tertiary/aromatic N) is 1. The first-order chi connectivity index (χ1) is 8.19. The van der Waals surface area contributed by atoms with Gasteiger partial charge in [0, 0.05) is 11.6 Å². The lowest BCUT2D eigenvalue weighted by Crippen LogP contribution is -2.57. The van der Waals surface area contributed by atoms with Crippen LogP contribution in [0.3, 0.4) is 0 Å². The van der Waals surface area contributed by atoms with E-state index in [0.717, 1.165) is 0 Å². The molecule has 0 radical (unpaired) electrons. The number of rotatable bonds is 8. The Morgan fingerprint density at radius 1 is 1.18 bits per heavy atom. The average Bonchev–Trinajstić information content (AvgIpc) is 2.88. The summed E-state index contributed by atoms with van der Waals surface area (Å²) >= 11 is 0. The number of unbranched alkanes of at least 4 members (excludes halogenated alkanes) is 2. The van der Waals surface area contributed by atoms with Crippen LogP contribution in [-0.4, -0.2) is 36.6 Å². The molecule has 2 unspecified atom stereocenters. The first kappa shape index (κ1) is 15.0. The average molecular weight is 240 g/mol. The highest BCUT2D eigenvalue weighted by Crippen LogP contribution is 2.30. The summed E-state index contributed by atoms with van der Waals surface area (Å²) in [6.07, 6.45) is 9.42. The fourth-order valence-corrected chi connectivity index (χ4v) is 3.28. The summed E-state index contributed by atoms with van der Waals surface area (Å²) in [7, 11) is 2.14. The van der Waals surface area contributed by atoms with E-state index in [-0.39, 0.29) is 0 Å². The Balaban J connectivity index is 2.59. The van der Waals surface area contributed by atoms with E-state index in [1.807, 2.05) is 0 Å². The van der Waals surface area contributed by atoms with Gasteiger partial charge in [-0.15, -0.1) is 0 Å². The SMILES string of the molecule is CCCCCC(NC)C(C)(CC)N1CCCC1. The van der Waals surface area contributed by atoms with E-state index in [1.54, 1.807) is 0 Å². The first-order valence-electron chi connectivity index (χ1n) is 7.61. The predicted molar refractivity (Wildman–Crippen MR) is 76.5 cm³/mol. The molecule has 1 fully saturated rings. The van der Waals surface area contributed by atoms with Gasteiger partial charge in [0.2, 0.25) is 0 Å². The molecule has 1 N–H and O–H groups in total. The number of hydrogen-bond acceptors (Lipinski definition) is 2. The van der Waals surface area contributed by atoms with Crippen molar-refractivity contribution in [1.29, 1.82) is 0 Å². The van der Waals surface area contributed by atoms with E-state index in [2.05, 4.69) is 38.0 Å². The van der Waals surface area contributed by atoms with E-state index in [9.17, 15) is 0 Å². The van der Waals surface area contributed by atoms with Crippen LogP contribution in [0.15, 0.2) is 0 Å². The predicted octanol–water partition coefficient (Wildman–Crippen LogP) is 3.42. The van der Waals surface area contributed by atoms with Gasteiger partial charge in [-0.05, 0) is 52.7 Å². The van der Waals surface area contributed by atoms with Gasteiger partial charge in [0.05, 0.1) is 0 Å². The van der Waals surface area contributed by atoms with Crippen molar-refractivity contribution >= 4 is 0 Å². The summed E-state index contributed by atoms with van der Waals surface area (Å²) in [6, 6.07) is 0.650. The van der Waals surface area contributed by atoms with Crippen LogP contribution in [0.1, 0.15) is 65.7 Å². The molecule has 102 valence electrons. The molecule has 0 aliphatic carbocycles. The lowest BCUT2D eigenvalue weighted by molar-refractivity contribution is 0.0825. The van der Waals surface area contributed by atoms with E-state index in [1.165, 1.54) is 58.0 Å². The zero-order valence-electron chi connectivity index (χ0n) is 12.4. The number of nitrogens with one attached hydrogen (secondary N) is 1. The molecule has 2 nitrogen and oxygen atoms in total. The van der Waals surface area contributed by atoms with Crippen molar-refractivity contribution in [3.63, 3.8) is 0 Å². The van der Waals surface area contributed by atoms with Crippen LogP contribution in [-0.2, 0) is 0 Å². The van der Waals surface area contributed by atoms with Gasteiger partial charge in [-0.1, -0.05) is 33.1 Å². The van der Waals surface area contributed by atoms with E-state index in [4.69, 9.17) is 0 Å². The van der Waals surface area contributed by atoms with E-state index in [0.29, 0.717) is 11.6 Å². The van der Waals surface area contributed by atoms with Crippen molar-refractivity contribution in [2.45, 2.75) is 77.3 Å². The van der Waals surface area contributed by atoms with Crippen molar-refractivity contribution in [3.8, 4) is 0 Å². The Labute approximate surface area is 108 Å². The molecule has 2 heteroatoms. The van der Waals surface area contributed by atoms with Gasteiger partial charge in [-0.25, -0.2) is 0 Å². The Bertz CT molecular complexity index is 199. The minimum Gasteiger partial charge on any atom is -0.315 e. The normalized spacial score (nSPS) is 22.6. The smallest absolute Gasteiger partial charge is 0.0331 e. The number of likely N-dealkylation sites (tertiary alicyclic amines) is 1. The Hall–Kier alpha value is -0.0800. The standard InChI is InChI=1S/C15H32N2/c1-5-7-8-11-14(16-4)15(3,6-2)17-12-9-10-13-17/h14,16H,5-13H2,1-4H3. The Morgan fingerprint density at radius 3 is 2.29 bits per heavy atom. The second-order valence-electron chi connectivity index (χ2n) is 5.74. The molecule has 0 aromatic heterocycles. The fraction of sp³-hybridized carbons (Fsp3) is 1.00. The van der Waals surface area contributed by atoms with Gasteiger partial charge in [0.1, 0.15) is 0 Å². The molecule has 0 spiro atoms. The van der Waals surface area contributed by atoms with Gasteiger partial charge in [0.15, 0.2) is 0 Å². The zero-order chi connectivity index (χ0) is 12.7. The largest absolute Gasteiger partial charge is 0.315 e. The third-order valence-electron chi connectivity index (χ3n) is 4.74. The summed E-state index contributed by atoms with van der Waals surface area (Å²) in [6.45, 7) is 9.70. The second-order valence-corrected chi connectivity index (χ2v) is 5.74. The summed E-state index contributed by atoms with van der Waals surface area (Å²) in [5, 5.41) is 3.59. The highest BCUT2D eigenvalue weighted by Gasteiger charge is 2.38. The molecule has 1 rings (SSSR count). The molecule has 1 aliphatic heterocycles. The van der Waals surface area contributed by atoms with Gasteiger partial charge in [-0.3, -0.25) is 4.90 Å². The van der Waals surface area contributed by atoms with Crippen molar-refractivity contribution in [3.05, 3.63) is 0 Å². The molecule has 0 saturated carbocycles. The van der Waals surface area contributed by atoms with Crippen molar-refractivity contribution < 1.29 is 0 Å². The summed E-state index contributed by atoms with van der Waals surface area (Å²) in [5.41, 5.74) is 0.360. The molecule has 1 heterocycles. The number of likely N-dealkylation sites (N-methyl/N-ethyl adjacent to an activating group) is 1. The summed E-state index contributed by atoms with van der Waals surface area (Å²) in [5.74, 6) is 0. The highest BCUT2D eigenvalue weighted by atomic mass is 15.2. The Kier molecular flexibility index (Phi) is 6.50. The third-order valence-corrected chi connectivity index (χ3v) is 4.74. The summed E-state index contributed by atoms with van der Waals surface area (Å²) < 4.78 is 0. The maximum atomic E-state index is 3.59. The molecule has 1 aliphatic rings. The van der Waals surface area contributed by atoms with Crippen molar-refractivity contribution in [2.75, 3.05) is 20.1 Å². The van der Waals surface area contributed by atoms with Crippen LogP contribution < -0.4 is 5.32 Å². The Morgan fingerprint density at radius 2 is 1.82 bits per heavy atom. The molecule has 0 aromatic carbocycles. The van der Waals surface area contributed by atoms with Crippen molar-refractivity contribution in [2.24, 2.45) is 0 Å². The molecule has 17 heavy (non-hydrogen) atoms. The monoisotopic (exact) mass is 240 g/mol. The van der Waals surface area contributed by atoms with Crippen LogP contribution in [0.25, 0.3) is 0 Å². The third kappa shape index (κ3) is 3.69. The van der Waals surface area contributed by atoms with Gasteiger partial charge >= 0.3 is 0 Å². The molecule has 1 saturated heterocycles. The minimum atomic E-state index is 0.360. The van der Waals surface area contributed by atoms with Gasteiger partial charge < -0.3 is 5.32 Å². The topological polar surface area (TPSA) is 15.3 Å². The fourth-order valence-electron chi connectivity index (χ4n) is 3.28. The highest BCUT2D eigenvalue weighted by molar-refractivity contribution is 4.97. The van der Waals surface area contributed by atoms with E-state index >= 15 is 0 Å². The first-order valence-corrected chi connectivity index (χ1v) is 7.61. The van der Waals surface area contributed by atoms with Crippen LogP contribution in [0, 0.1) is 0 Å². The molecule has 0 aromatic rings. The maximum absolute atomic E-state index is 3.59. The van der Waals surface area contributed by atoms with Gasteiger partial charge in [-0.2, -0.15) is 0 Å². The number of hydrogen-bond donors (Lipinski definition) is 1. The maximum Gasteiger partial charge on any atom is 0.0331 e. The molecule has 2 atom stereocenters. The molecular weight excluding hydrogens is 208 g/mol. The molecule has 0 amide bonds. The van der Waals surface area contributed by atoms with Gasteiger partial charge in [0.25, 0.3) is 0 Å². The molecular formula is C15H32N2. The minimum absolute atomic E-state index is 0.360. The van der Waals surface area contributed by atoms with Crippen LogP contribution in [0.5, 0.6) is 0 Å². The summed E-state index contributed by atoms with van der Waals surface area (Å²) in [4.78, 5) is 2.72. The lowest BCUT2D eigenvalue weighted by atomic mass is 9.84. The lowest BCUT2D eigenvalue weighted by Gasteiger charge is -2.44. The quantitative estimate of drug-likeness (QED) is 0.654. The second kappa shape index (κ2) is 7.38. The zero-order valence-corrected chi connectivity index (χ0v) is 12.4. The van der Waals surface area contributed by atoms with E-state index < -0.39 is 0 Å². The van der Waals surface area contributed by atoms with Crippen LogP contribution in [0.2, 0.25) is 0 Å².